The van der Waals surface area contributed by atoms with E-state index in [2.05, 4.69) is 15.2 Å². The molecule has 0 aliphatic carbocycles. The number of carbonyl (C=O) groups excluding carboxylic acids is 1. The van der Waals surface area contributed by atoms with Gasteiger partial charge in [0.05, 0.1) is 16.2 Å². The van der Waals surface area contributed by atoms with Crippen molar-refractivity contribution in [3.63, 3.8) is 0 Å². The number of hydrogen-bond donors (Lipinski definition) is 1. The molecule has 1 N–H and O–H groups in total. The zero-order valence-corrected chi connectivity index (χ0v) is 16.6. The number of rotatable bonds is 7. The van der Waals surface area contributed by atoms with Crippen molar-refractivity contribution in [2.45, 2.75) is 19.1 Å². The van der Waals surface area contributed by atoms with Crippen LogP contribution in [0.5, 0.6) is 0 Å². The van der Waals surface area contributed by atoms with Crippen LogP contribution >= 0.6 is 0 Å². The van der Waals surface area contributed by atoms with Gasteiger partial charge in [-0.25, -0.2) is 0 Å². The SMILES string of the molecule is O=C(CCNc1ccc(C(F)(F)F)cc1[N+](=O)[O-])N1CCN(Cc2ccccn2)CC1. The van der Waals surface area contributed by atoms with Gasteiger partial charge in [0, 0.05) is 58.0 Å². The molecule has 1 fully saturated rings. The zero-order valence-electron chi connectivity index (χ0n) is 16.6. The molecule has 2 aromatic rings. The average Bonchev–Trinajstić information content (AvgIpc) is 2.74. The molecule has 166 valence electrons. The van der Waals surface area contributed by atoms with Gasteiger partial charge in [-0.1, -0.05) is 6.07 Å². The van der Waals surface area contributed by atoms with Crippen molar-refractivity contribution in [3.8, 4) is 0 Å². The molecule has 1 aromatic heterocycles. The number of nitro benzene ring substituents is 1. The first-order chi connectivity index (χ1) is 14.7. The zero-order chi connectivity index (χ0) is 22.4. The Kier molecular flexibility index (Phi) is 7.06. The van der Waals surface area contributed by atoms with E-state index in [1.54, 1.807) is 11.1 Å². The van der Waals surface area contributed by atoms with E-state index in [4.69, 9.17) is 0 Å². The Labute approximate surface area is 176 Å². The molecule has 1 saturated heterocycles. The Hall–Kier alpha value is -3.21. The number of benzene rings is 1. The van der Waals surface area contributed by atoms with Crippen LogP contribution in [0.1, 0.15) is 17.7 Å². The lowest BCUT2D eigenvalue weighted by Crippen LogP contribution is -2.48. The number of pyridine rings is 1. The molecule has 0 spiro atoms. The smallest absolute Gasteiger partial charge is 0.379 e. The van der Waals surface area contributed by atoms with Crippen molar-refractivity contribution >= 4 is 17.3 Å². The molecule has 0 saturated carbocycles. The lowest BCUT2D eigenvalue weighted by Gasteiger charge is -2.34. The van der Waals surface area contributed by atoms with Crippen molar-refractivity contribution in [2.75, 3.05) is 38.0 Å². The van der Waals surface area contributed by atoms with Crippen LogP contribution in [0.25, 0.3) is 0 Å². The predicted molar refractivity (Wildman–Crippen MR) is 107 cm³/mol. The summed E-state index contributed by atoms with van der Waals surface area (Å²) in [5.74, 6) is -0.112. The number of alkyl halides is 3. The standard InChI is InChI=1S/C20H22F3N5O3/c21-20(22,23)15-4-5-17(18(13-15)28(30)31)25-8-6-19(29)27-11-9-26(10-12-27)14-16-3-1-2-7-24-16/h1-5,7,13,25H,6,8-12,14H2. The maximum atomic E-state index is 12.8. The van der Waals surface area contributed by atoms with Gasteiger partial charge in [-0.05, 0) is 24.3 Å². The molecule has 2 heterocycles. The van der Waals surface area contributed by atoms with Crippen LogP contribution in [0, 0.1) is 10.1 Å². The number of nitrogens with zero attached hydrogens (tertiary/aromatic N) is 4. The van der Waals surface area contributed by atoms with Gasteiger partial charge in [-0.15, -0.1) is 0 Å². The van der Waals surface area contributed by atoms with Gasteiger partial charge >= 0.3 is 6.18 Å². The number of nitrogens with one attached hydrogen (secondary N) is 1. The highest BCUT2D eigenvalue weighted by Gasteiger charge is 2.33. The lowest BCUT2D eigenvalue weighted by molar-refractivity contribution is -0.384. The van der Waals surface area contributed by atoms with Gasteiger partial charge in [0.2, 0.25) is 5.91 Å². The molecule has 31 heavy (non-hydrogen) atoms. The molecule has 0 radical (unpaired) electrons. The monoisotopic (exact) mass is 437 g/mol. The largest absolute Gasteiger partial charge is 0.416 e. The van der Waals surface area contributed by atoms with E-state index in [1.807, 2.05) is 18.2 Å². The second kappa shape index (κ2) is 9.73. The molecule has 8 nitrogen and oxygen atoms in total. The molecular formula is C20H22F3N5O3. The fraction of sp³-hybridized carbons (Fsp3) is 0.400. The third kappa shape index (κ3) is 6.14. The molecule has 1 aromatic carbocycles. The minimum Gasteiger partial charge on any atom is -0.379 e. The summed E-state index contributed by atoms with van der Waals surface area (Å²) in [4.78, 5) is 30.9. The van der Waals surface area contributed by atoms with Gasteiger partial charge < -0.3 is 10.2 Å². The summed E-state index contributed by atoms with van der Waals surface area (Å²) in [5, 5.41) is 13.8. The number of piperazine rings is 1. The predicted octanol–water partition coefficient (Wildman–Crippen LogP) is 3.16. The Morgan fingerprint density at radius 1 is 1.16 bits per heavy atom. The molecular weight excluding hydrogens is 415 g/mol. The molecule has 1 aliphatic heterocycles. The van der Waals surface area contributed by atoms with E-state index in [9.17, 15) is 28.1 Å². The van der Waals surface area contributed by atoms with Crippen molar-refractivity contribution in [1.82, 2.24) is 14.8 Å². The maximum Gasteiger partial charge on any atom is 0.416 e. The van der Waals surface area contributed by atoms with E-state index in [1.165, 1.54) is 0 Å². The van der Waals surface area contributed by atoms with Crippen LogP contribution in [0.3, 0.4) is 0 Å². The van der Waals surface area contributed by atoms with Gasteiger partial charge in [0.25, 0.3) is 5.69 Å². The summed E-state index contributed by atoms with van der Waals surface area (Å²) in [6.45, 7) is 3.33. The van der Waals surface area contributed by atoms with Crippen molar-refractivity contribution in [3.05, 3.63) is 64.0 Å². The van der Waals surface area contributed by atoms with Gasteiger partial charge in [0.1, 0.15) is 5.69 Å². The maximum absolute atomic E-state index is 12.8. The molecule has 1 aliphatic rings. The summed E-state index contributed by atoms with van der Waals surface area (Å²) in [7, 11) is 0. The summed E-state index contributed by atoms with van der Waals surface area (Å²) in [6, 6.07) is 8.01. The van der Waals surface area contributed by atoms with Crippen LogP contribution in [0.15, 0.2) is 42.6 Å². The fourth-order valence-electron chi connectivity index (χ4n) is 3.35. The third-order valence-corrected chi connectivity index (χ3v) is 5.01. The molecule has 1 amide bonds. The molecule has 0 bridgehead atoms. The van der Waals surface area contributed by atoms with Crippen LogP contribution in [0.4, 0.5) is 24.5 Å². The normalized spacial score (nSPS) is 15.0. The van der Waals surface area contributed by atoms with Crippen LogP contribution in [-0.4, -0.2) is 58.3 Å². The number of halogens is 3. The van der Waals surface area contributed by atoms with E-state index in [0.29, 0.717) is 38.8 Å². The van der Waals surface area contributed by atoms with E-state index in [0.717, 1.165) is 17.8 Å². The Bertz CT molecular complexity index is 916. The number of amides is 1. The summed E-state index contributed by atoms with van der Waals surface area (Å²) >= 11 is 0. The van der Waals surface area contributed by atoms with Crippen molar-refractivity contribution < 1.29 is 22.9 Å². The number of carbonyl (C=O) groups is 1. The molecule has 11 heteroatoms. The second-order valence-electron chi connectivity index (χ2n) is 7.14. The number of nitro groups is 1. The van der Waals surface area contributed by atoms with Gasteiger partial charge in [0.15, 0.2) is 0 Å². The van der Waals surface area contributed by atoms with E-state index < -0.39 is 22.4 Å². The first-order valence-corrected chi connectivity index (χ1v) is 9.73. The Morgan fingerprint density at radius 3 is 2.52 bits per heavy atom. The van der Waals surface area contributed by atoms with Crippen molar-refractivity contribution in [2.24, 2.45) is 0 Å². The summed E-state index contributed by atoms with van der Waals surface area (Å²) in [6.07, 6.45) is -2.85. The highest BCUT2D eigenvalue weighted by Crippen LogP contribution is 2.34. The van der Waals surface area contributed by atoms with Gasteiger partial charge in [-0.2, -0.15) is 13.2 Å². The van der Waals surface area contributed by atoms with E-state index >= 15 is 0 Å². The molecule has 0 unspecified atom stereocenters. The first kappa shape index (κ1) is 22.5. The highest BCUT2D eigenvalue weighted by molar-refractivity contribution is 5.77. The summed E-state index contributed by atoms with van der Waals surface area (Å²) < 4.78 is 38.3. The fourth-order valence-corrected chi connectivity index (χ4v) is 3.35. The van der Waals surface area contributed by atoms with Gasteiger partial charge in [-0.3, -0.25) is 24.8 Å². The Morgan fingerprint density at radius 2 is 1.90 bits per heavy atom. The van der Waals surface area contributed by atoms with Crippen LogP contribution in [-0.2, 0) is 17.5 Å². The lowest BCUT2D eigenvalue weighted by atomic mass is 10.1. The Balaban J connectivity index is 1.48. The van der Waals surface area contributed by atoms with Crippen molar-refractivity contribution in [1.29, 1.82) is 0 Å². The van der Waals surface area contributed by atoms with Crippen LogP contribution in [0.2, 0.25) is 0 Å². The van der Waals surface area contributed by atoms with E-state index in [-0.39, 0.29) is 24.6 Å². The second-order valence-corrected chi connectivity index (χ2v) is 7.14. The highest BCUT2D eigenvalue weighted by atomic mass is 19.4. The number of aromatic nitrogens is 1. The molecule has 3 rings (SSSR count). The number of anilines is 1. The number of hydrogen-bond acceptors (Lipinski definition) is 6. The average molecular weight is 437 g/mol. The third-order valence-electron chi connectivity index (χ3n) is 5.01. The quantitative estimate of drug-likeness (QED) is 0.529. The topological polar surface area (TPSA) is 91.6 Å². The first-order valence-electron chi connectivity index (χ1n) is 9.73. The summed E-state index contributed by atoms with van der Waals surface area (Å²) in [5.41, 5.74) is -0.856. The molecule has 0 atom stereocenters. The van der Waals surface area contributed by atoms with Crippen LogP contribution < -0.4 is 5.32 Å². The minimum atomic E-state index is -4.67. The minimum absolute atomic E-state index is 0.0500.